The highest BCUT2D eigenvalue weighted by atomic mass is 32.2. The summed E-state index contributed by atoms with van der Waals surface area (Å²) in [5.41, 5.74) is 0.0677. The van der Waals surface area contributed by atoms with Crippen LogP contribution in [0.15, 0.2) is 30.3 Å². The van der Waals surface area contributed by atoms with Gasteiger partial charge in [-0.15, -0.1) is 0 Å². The molecular formula is C16H20O2S. The van der Waals surface area contributed by atoms with Crippen LogP contribution in [0.25, 0.3) is 0 Å². The molecule has 0 aliphatic carbocycles. The first kappa shape index (κ1) is 14.5. The number of aliphatic hydroxyl groups is 1. The second-order valence-corrected chi connectivity index (χ2v) is 6.35. The van der Waals surface area contributed by atoms with Crippen LogP contribution in [-0.2, 0) is 10.5 Å². The van der Waals surface area contributed by atoms with Crippen molar-refractivity contribution in [3.8, 4) is 11.2 Å². The summed E-state index contributed by atoms with van der Waals surface area (Å²) in [6, 6.07) is 10.2. The zero-order valence-electron chi connectivity index (χ0n) is 11.5. The van der Waals surface area contributed by atoms with Crippen LogP contribution in [0.3, 0.4) is 0 Å². The van der Waals surface area contributed by atoms with E-state index in [9.17, 15) is 5.11 Å². The normalized spacial score (nSPS) is 25.4. The molecule has 1 aromatic rings. The minimum Gasteiger partial charge on any atom is -0.377 e. The van der Waals surface area contributed by atoms with Crippen molar-refractivity contribution in [1.29, 1.82) is 0 Å². The van der Waals surface area contributed by atoms with Crippen LogP contribution in [0.2, 0.25) is 0 Å². The standard InChI is InChI=1S/C16H20O2S/c1-15(2)13-16(17,8-10-18-15)9-11-19-12-14-6-4-3-5-7-14/h3-7,17H,8,10,12-13H2,1-2H3. The van der Waals surface area contributed by atoms with Crippen LogP contribution >= 0.6 is 11.8 Å². The van der Waals surface area contributed by atoms with E-state index in [2.05, 4.69) is 23.3 Å². The Bertz CT molecular complexity index is 473. The fourth-order valence-electron chi connectivity index (χ4n) is 2.27. The molecule has 1 unspecified atom stereocenters. The van der Waals surface area contributed by atoms with Crippen LogP contribution in [0.1, 0.15) is 32.3 Å². The van der Waals surface area contributed by atoms with E-state index in [-0.39, 0.29) is 5.60 Å². The van der Waals surface area contributed by atoms with E-state index >= 15 is 0 Å². The molecule has 1 aliphatic rings. The molecule has 102 valence electrons. The Labute approximate surface area is 119 Å². The van der Waals surface area contributed by atoms with Gasteiger partial charge in [-0.25, -0.2) is 0 Å². The molecule has 1 atom stereocenters. The fourth-order valence-corrected chi connectivity index (χ4v) is 2.96. The summed E-state index contributed by atoms with van der Waals surface area (Å²) < 4.78 is 5.60. The third-order valence-electron chi connectivity index (χ3n) is 3.16. The van der Waals surface area contributed by atoms with Crippen LogP contribution in [-0.4, -0.2) is 22.9 Å². The van der Waals surface area contributed by atoms with Crippen molar-refractivity contribution in [2.24, 2.45) is 0 Å². The van der Waals surface area contributed by atoms with E-state index in [1.54, 1.807) is 0 Å². The summed E-state index contributed by atoms with van der Waals surface area (Å²) >= 11 is 1.54. The molecule has 0 amide bonds. The molecule has 2 nitrogen and oxygen atoms in total. The zero-order valence-corrected chi connectivity index (χ0v) is 12.3. The molecule has 0 saturated carbocycles. The SMILES string of the molecule is CC1(C)CC(O)(C#CSCc2ccccc2)CCO1. The molecule has 3 heteroatoms. The molecule has 1 aromatic carbocycles. The van der Waals surface area contributed by atoms with Gasteiger partial charge in [-0.3, -0.25) is 0 Å². The molecule has 1 N–H and O–H groups in total. The Balaban J connectivity index is 1.89. The number of benzene rings is 1. The number of rotatable bonds is 2. The Morgan fingerprint density at radius 1 is 1.32 bits per heavy atom. The average molecular weight is 276 g/mol. The molecule has 0 radical (unpaired) electrons. The summed E-state index contributed by atoms with van der Waals surface area (Å²) in [6.45, 7) is 4.56. The molecule has 1 aliphatic heterocycles. The topological polar surface area (TPSA) is 29.5 Å². The molecule has 1 fully saturated rings. The third-order valence-corrected chi connectivity index (χ3v) is 3.89. The lowest BCUT2D eigenvalue weighted by molar-refractivity contribution is -0.120. The van der Waals surface area contributed by atoms with E-state index in [0.29, 0.717) is 19.4 Å². The first-order chi connectivity index (χ1) is 8.99. The van der Waals surface area contributed by atoms with Crippen molar-refractivity contribution < 1.29 is 9.84 Å². The van der Waals surface area contributed by atoms with Crippen molar-refractivity contribution in [2.75, 3.05) is 6.61 Å². The van der Waals surface area contributed by atoms with Gasteiger partial charge in [0, 0.05) is 18.6 Å². The van der Waals surface area contributed by atoms with E-state index in [4.69, 9.17) is 4.74 Å². The van der Waals surface area contributed by atoms with Gasteiger partial charge in [0.25, 0.3) is 0 Å². The van der Waals surface area contributed by atoms with Gasteiger partial charge in [0.1, 0.15) is 5.60 Å². The number of ether oxygens (including phenoxy) is 1. The minimum absolute atomic E-state index is 0.286. The van der Waals surface area contributed by atoms with E-state index in [1.807, 2.05) is 32.0 Å². The second-order valence-electron chi connectivity index (χ2n) is 5.57. The highest BCUT2D eigenvalue weighted by Gasteiger charge is 2.38. The van der Waals surface area contributed by atoms with Gasteiger partial charge in [-0.2, -0.15) is 0 Å². The number of thioether (sulfide) groups is 1. The molecular weight excluding hydrogens is 256 g/mol. The van der Waals surface area contributed by atoms with Gasteiger partial charge in [-0.05, 0) is 24.7 Å². The molecule has 1 heterocycles. The van der Waals surface area contributed by atoms with E-state index in [1.165, 1.54) is 17.3 Å². The van der Waals surface area contributed by atoms with Crippen molar-refractivity contribution >= 4 is 11.8 Å². The molecule has 19 heavy (non-hydrogen) atoms. The van der Waals surface area contributed by atoms with Crippen LogP contribution in [0.5, 0.6) is 0 Å². The van der Waals surface area contributed by atoms with Crippen molar-refractivity contribution in [3.63, 3.8) is 0 Å². The second kappa shape index (κ2) is 6.00. The summed E-state index contributed by atoms with van der Waals surface area (Å²) in [7, 11) is 0. The van der Waals surface area contributed by atoms with Gasteiger partial charge < -0.3 is 9.84 Å². The lowest BCUT2D eigenvalue weighted by atomic mass is 9.85. The molecule has 1 saturated heterocycles. The summed E-state index contributed by atoms with van der Waals surface area (Å²) in [4.78, 5) is 0. The Kier molecular flexibility index (Phi) is 4.57. The average Bonchev–Trinajstić information content (AvgIpc) is 2.34. The monoisotopic (exact) mass is 276 g/mol. The molecule has 0 spiro atoms. The van der Waals surface area contributed by atoms with Gasteiger partial charge in [0.15, 0.2) is 0 Å². The first-order valence-corrected chi connectivity index (χ1v) is 7.52. The minimum atomic E-state index is -0.897. The van der Waals surface area contributed by atoms with Gasteiger partial charge in [-0.1, -0.05) is 48.0 Å². The van der Waals surface area contributed by atoms with Crippen LogP contribution in [0.4, 0.5) is 0 Å². The third kappa shape index (κ3) is 4.58. The maximum atomic E-state index is 10.4. The summed E-state index contributed by atoms with van der Waals surface area (Å²) in [5, 5.41) is 13.5. The predicted octanol–water partition coefficient (Wildman–Crippen LogP) is 3.20. The molecule has 2 rings (SSSR count). The summed E-state index contributed by atoms with van der Waals surface area (Å²) in [5.74, 6) is 3.86. The van der Waals surface area contributed by atoms with E-state index in [0.717, 1.165) is 5.75 Å². The molecule has 0 aromatic heterocycles. The molecule has 0 bridgehead atoms. The predicted molar refractivity (Wildman–Crippen MR) is 79.7 cm³/mol. The van der Waals surface area contributed by atoms with Crippen molar-refractivity contribution in [2.45, 2.75) is 43.6 Å². The lowest BCUT2D eigenvalue weighted by Gasteiger charge is -2.38. The van der Waals surface area contributed by atoms with Crippen LogP contribution in [0, 0.1) is 11.2 Å². The van der Waals surface area contributed by atoms with Gasteiger partial charge in [0.2, 0.25) is 0 Å². The largest absolute Gasteiger partial charge is 0.377 e. The number of hydrogen-bond acceptors (Lipinski definition) is 3. The lowest BCUT2D eigenvalue weighted by Crippen LogP contribution is -2.44. The highest BCUT2D eigenvalue weighted by Crippen LogP contribution is 2.31. The number of hydrogen-bond donors (Lipinski definition) is 1. The van der Waals surface area contributed by atoms with Gasteiger partial charge in [0.05, 0.1) is 12.2 Å². The summed E-state index contributed by atoms with van der Waals surface area (Å²) in [6.07, 6.45) is 1.16. The highest BCUT2D eigenvalue weighted by molar-refractivity contribution is 8.03. The fraction of sp³-hybridized carbons (Fsp3) is 0.500. The van der Waals surface area contributed by atoms with Crippen molar-refractivity contribution in [3.05, 3.63) is 35.9 Å². The quantitative estimate of drug-likeness (QED) is 0.841. The smallest absolute Gasteiger partial charge is 0.131 e. The Morgan fingerprint density at radius 2 is 2.05 bits per heavy atom. The Hall–Kier alpha value is -0.950. The van der Waals surface area contributed by atoms with Gasteiger partial charge >= 0.3 is 0 Å². The Morgan fingerprint density at radius 3 is 2.74 bits per heavy atom. The maximum absolute atomic E-state index is 10.4. The zero-order chi connectivity index (χ0) is 13.8. The van der Waals surface area contributed by atoms with Crippen molar-refractivity contribution in [1.82, 2.24) is 0 Å². The van der Waals surface area contributed by atoms with E-state index < -0.39 is 5.60 Å². The maximum Gasteiger partial charge on any atom is 0.131 e. The van der Waals surface area contributed by atoms with Crippen LogP contribution < -0.4 is 0 Å². The first-order valence-electron chi connectivity index (χ1n) is 6.53.